The lowest BCUT2D eigenvalue weighted by molar-refractivity contribution is -0.136. The Morgan fingerprint density at radius 3 is 2.58 bits per heavy atom. The van der Waals surface area contributed by atoms with Gasteiger partial charge in [0.25, 0.3) is 0 Å². The number of anilines is 1. The van der Waals surface area contributed by atoms with Crippen molar-refractivity contribution in [2.45, 2.75) is 64.3 Å². The number of rotatable bonds is 10. The SMILES string of the molecule is Cc1ccc(CN(CCC(=O)O)c2nc(C3CCC(CCc4ccc(F)cc4)CC3)cs2)s1. The molecule has 4 rings (SSSR count). The number of halogens is 1. The number of thiophene rings is 1. The van der Waals surface area contributed by atoms with E-state index in [1.807, 2.05) is 12.1 Å². The minimum absolute atomic E-state index is 0.110. The van der Waals surface area contributed by atoms with Crippen molar-refractivity contribution in [3.63, 3.8) is 0 Å². The van der Waals surface area contributed by atoms with Gasteiger partial charge in [0.05, 0.1) is 18.7 Å². The summed E-state index contributed by atoms with van der Waals surface area (Å²) in [4.78, 5) is 20.7. The molecule has 2 heterocycles. The largest absolute Gasteiger partial charge is 0.481 e. The summed E-state index contributed by atoms with van der Waals surface area (Å²) in [5.41, 5.74) is 2.37. The molecule has 33 heavy (non-hydrogen) atoms. The van der Waals surface area contributed by atoms with Gasteiger partial charge in [0.2, 0.25) is 0 Å². The van der Waals surface area contributed by atoms with Crippen LogP contribution in [0.15, 0.2) is 41.8 Å². The average Bonchev–Trinajstić information content (AvgIpc) is 3.46. The molecule has 1 aliphatic rings. The van der Waals surface area contributed by atoms with E-state index in [4.69, 9.17) is 4.98 Å². The van der Waals surface area contributed by atoms with Crippen LogP contribution in [0.25, 0.3) is 0 Å². The molecule has 3 aromatic rings. The summed E-state index contributed by atoms with van der Waals surface area (Å²) >= 11 is 3.39. The predicted octanol–water partition coefficient (Wildman–Crippen LogP) is 7.04. The second kappa shape index (κ2) is 11.3. The monoisotopic (exact) mass is 486 g/mol. The highest BCUT2D eigenvalue weighted by Gasteiger charge is 2.25. The number of hydrogen-bond acceptors (Lipinski definition) is 5. The Bertz CT molecular complexity index is 1040. The summed E-state index contributed by atoms with van der Waals surface area (Å²) in [7, 11) is 0. The molecule has 0 saturated heterocycles. The van der Waals surface area contributed by atoms with Crippen molar-refractivity contribution < 1.29 is 14.3 Å². The molecule has 2 aromatic heterocycles. The van der Waals surface area contributed by atoms with Crippen LogP contribution in [0.5, 0.6) is 0 Å². The van der Waals surface area contributed by atoms with E-state index in [0.29, 0.717) is 19.0 Å². The summed E-state index contributed by atoms with van der Waals surface area (Å²) in [5.74, 6) is 0.257. The Balaban J connectivity index is 1.32. The van der Waals surface area contributed by atoms with Gasteiger partial charge in [-0.1, -0.05) is 12.1 Å². The maximum absolute atomic E-state index is 13.1. The first-order valence-corrected chi connectivity index (χ1v) is 13.4. The molecule has 1 aliphatic carbocycles. The molecule has 0 unspecified atom stereocenters. The highest BCUT2D eigenvalue weighted by molar-refractivity contribution is 7.14. The normalized spacial score (nSPS) is 18.4. The molecule has 0 bridgehead atoms. The van der Waals surface area contributed by atoms with Crippen LogP contribution in [0.4, 0.5) is 9.52 Å². The number of nitrogens with zero attached hydrogens (tertiary/aromatic N) is 2. The Kier molecular flexibility index (Phi) is 8.15. The van der Waals surface area contributed by atoms with E-state index in [-0.39, 0.29) is 12.2 Å². The molecule has 0 aliphatic heterocycles. The van der Waals surface area contributed by atoms with Gasteiger partial charge in [-0.2, -0.15) is 0 Å². The van der Waals surface area contributed by atoms with E-state index < -0.39 is 5.97 Å². The van der Waals surface area contributed by atoms with Crippen molar-refractivity contribution in [2.24, 2.45) is 5.92 Å². The summed E-state index contributed by atoms with van der Waals surface area (Å²) in [6.07, 6.45) is 6.98. The average molecular weight is 487 g/mol. The van der Waals surface area contributed by atoms with Crippen LogP contribution in [-0.2, 0) is 17.8 Å². The Labute approximate surface area is 203 Å². The molecule has 7 heteroatoms. The van der Waals surface area contributed by atoms with E-state index in [1.54, 1.807) is 34.8 Å². The van der Waals surface area contributed by atoms with Crippen molar-refractivity contribution in [1.82, 2.24) is 4.98 Å². The van der Waals surface area contributed by atoms with Gasteiger partial charge in [0, 0.05) is 27.6 Å². The first kappa shape index (κ1) is 23.9. The Hall–Kier alpha value is -2.25. The summed E-state index contributed by atoms with van der Waals surface area (Å²) in [6.45, 7) is 3.26. The van der Waals surface area contributed by atoms with Crippen molar-refractivity contribution in [3.8, 4) is 0 Å². The van der Waals surface area contributed by atoms with Crippen LogP contribution in [0, 0.1) is 18.7 Å². The second-order valence-corrected chi connectivity index (χ2v) is 11.2. The van der Waals surface area contributed by atoms with Crippen LogP contribution < -0.4 is 4.90 Å². The van der Waals surface area contributed by atoms with Crippen molar-refractivity contribution >= 4 is 33.8 Å². The maximum Gasteiger partial charge on any atom is 0.305 e. The molecule has 0 spiro atoms. The van der Waals surface area contributed by atoms with Gasteiger partial charge in [0.15, 0.2) is 5.13 Å². The minimum atomic E-state index is -0.780. The van der Waals surface area contributed by atoms with Crippen LogP contribution in [0.3, 0.4) is 0 Å². The van der Waals surface area contributed by atoms with E-state index in [0.717, 1.165) is 42.4 Å². The first-order valence-electron chi connectivity index (χ1n) is 11.7. The van der Waals surface area contributed by atoms with Crippen LogP contribution in [-0.4, -0.2) is 22.6 Å². The number of carboxylic acid groups (broad SMARTS) is 1. The molecule has 1 aromatic carbocycles. The van der Waals surface area contributed by atoms with Gasteiger partial charge in [-0.15, -0.1) is 22.7 Å². The number of aromatic nitrogens is 1. The maximum atomic E-state index is 13.1. The number of aryl methyl sites for hydroxylation is 2. The van der Waals surface area contributed by atoms with Crippen molar-refractivity contribution in [3.05, 3.63) is 68.6 Å². The Morgan fingerprint density at radius 1 is 1.15 bits per heavy atom. The fourth-order valence-electron chi connectivity index (χ4n) is 4.61. The lowest BCUT2D eigenvalue weighted by Crippen LogP contribution is -2.25. The van der Waals surface area contributed by atoms with Gasteiger partial charge in [-0.3, -0.25) is 4.79 Å². The molecule has 1 fully saturated rings. The second-order valence-electron chi connectivity index (χ2n) is 9.02. The summed E-state index contributed by atoms with van der Waals surface area (Å²) in [6, 6.07) is 11.1. The predicted molar refractivity (Wildman–Crippen MR) is 134 cm³/mol. The van der Waals surface area contributed by atoms with Crippen LogP contribution in [0.2, 0.25) is 0 Å². The van der Waals surface area contributed by atoms with Crippen LogP contribution >= 0.6 is 22.7 Å². The van der Waals surface area contributed by atoms with Crippen molar-refractivity contribution in [1.29, 1.82) is 0 Å². The third kappa shape index (κ3) is 6.87. The number of carboxylic acids is 1. The van der Waals surface area contributed by atoms with E-state index in [9.17, 15) is 14.3 Å². The van der Waals surface area contributed by atoms with Gasteiger partial charge in [0.1, 0.15) is 5.82 Å². The molecule has 0 amide bonds. The van der Waals surface area contributed by atoms with Gasteiger partial charge < -0.3 is 10.0 Å². The molecule has 1 saturated carbocycles. The zero-order valence-corrected chi connectivity index (χ0v) is 20.6. The van der Waals surface area contributed by atoms with E-state index in [1.165, 1.54) is 28.2 Å². The number of carbonyl (C=O) groups is 1. The third-order valence-corrected chi connectivity index (χ3v) is 8.44. The molecule has 176 valence electrons. The Morgan fingerprint density at radius 2 is 1.91 bits per heavy atom. The first-order chi connectivity index (χ1) is 16.0. The van der Waals surface area contributed by atoms with Crippen molar-refractivity contribution in [2.75, 3.05) is 11.4 Å². The third-order valence-electron chi connectivity index (χ3n) is 6.54. The number of hydrogen-bond donors (Lipinski definition) is 1. The molecular formula is C26H31FN2O2S2. The molecule has 1 N–H and O–H groups in total. The standard InChI is InChI=1S/C26H31FN2O2S2/c1-18-2-13-23(33-18)16-29(15-14-25(30)31)26-28-24(17-32-26)21-9-5-19(6-10-21)3-4-20-7-11-22(27)12-8-20/h2,7-8,11-13,17,19,21H,3-6,9-10,14-16H2,1H3,(H,30,31). The summed E-state index contributed by atoms with van der Waals surface area (Å²) in [5, 5.41) is 12.3. The lowest BCUT2D eigenvalue weighted by atomic mass is 9.78. The number of aliphatic carboxylic acids is 1. The fourth-order valence-corrected chi connectivity index (χ4v) is 6.45. The highest BCUT2D eigenvalue weighted by Crippen LogP contribution is 2.39. The fraction of sp³-hybridized carbons (Fsp3) is 0.462. The quantitative estimate of drug-likeness (QED) is 0.334. The molecule has 4 nitrogen and oxygen atoms in total. The zero-order chi connectivity index (χ0) is 23.2. The van der Waals surface area contributed by atoms with E-state index >= 15 is 0 Å². The zero-order valence-electron chi connectivity index (χ0n) is 19.0. The van der Waals surface area contributed by atoms with Gasteiger partial charge in [-0.25, -0.2) is 9.37 Å². The van der Waals surface area contributed by atoms with Crippen LogP contribution in [0.1, 0.15) is 65.5 Å². The molecular weight excluding hydrogens is 455 g/mol. The van der Waals surface area contributed by atoms with Gasteiger partial charge >= 0.3 is 5.97 Å². The van der Waals surface area contributed by atoms with E-state index in [2.05, 4.69) is 29.3 Å². The highest BCUT2D eigenvalue weighted by atomic mass is 32.1. The number of thiazole rings is 1. The summed E-state index contributed by atoms with van der Waals surface area (Å²) < 4.78 is 13.1. The lowest BCUT2D eigenvalue weighted by Gasteiger charge is -2.27. The number of benzene rings is 1. The topological polar surface area (TPSA) is 53.4 Å². The smallest absolute Gasteiger partial charge is 0.305 e. The van der Waals surface area contributed by atoms with Gasteiger partial charge in [-0.05, 0) is 81.2 Å². The molecule has 0 atom stereocenters. The minimum Gasteiger partial charge on any atom is -0.481 e. The molecule has 0 radical (unpaired) electrons.